The number of hydrogen-bond donors (Lipinski definition) is 2. The first kappa shape index (κ1) is 17.4. The van der Waals surface area contributed by atoms with Gasteiger partial charge in [0.2, 0.25) is 11.6 Å². The summed E-state index contributed by atoms with van der Waals surface area (Å²) in [6, 6.07) is 5.10. The Morgan fingerprint density at radius 2 is 1.93 bits per heavy atom. The molecule has 0 amide bonds. The number of methoxy groups -OCH3 is 2. The van der Waals surface area contributed by atoms with Crippen molar-refractivity contribution in [1.82, 2.24) is 10.3 Å². The van der Waals surface area contributed by atoms with Gasteiger partial charge < -0.3 is 20.1 Å². The maximum atomic E-state index is 13.1. The van der Waals surface area contributed by atoms with Crippen molar-refractivity contribution in [2.75, 3.05) is 24.9 Å². The van der Waals surface area contributed by atoms with Crippen molar-refractivity contribution in [3.05, 3.63) is 35.0 Å². The summed E-state index contributed by atoms with van der Waals surface area (Å²) >= 11 is 0. The van der Waals surface area contributed by atoms with Crippen LogP contribution in [-0.2, 0) is 4.79 Å². The van der Waals surface area contributed by atoms with Gasteiger partial charge in [-0.15, -0.1) is 0 Å². The molecule has 1 aromatic carbocycles. The second kappa shape index (κ2) is 6.29. The first-order chi connectivity index (χ1) is 12.9. The van der Waals surface area contributed by atoms with Crippen LogP contribution in [0.25, 0.3) is 0 Å². The number of nitrogens with zero attached hydrogens (tertiary/aromatic N) is 2. The van der Waals surface area contributed by atoms with Gasteiger partial charge in [-0.25, -0.2) is 4.63 Å². The van der Waals surface area contributed by atoms with Gasteiger partial charge in [0.05, 0.1) is 20.3 Å². The van der Waals surface area contributed by atoms with Gasteiger partial charge in [-0.2, -0.15) is 0 Å². The second-order valence-electron chi connectivity index (χ2n) is 7.60. The number of ether oxygens (including phenoxy) is 2. The molecule has 0 saturated heterocycles. The predicted molar refractivity (Wildman–Crippen MR) is 98.9 cm³/mol. The molecule has 0 bridgehead atoms. The van der Waals surface area contributed by atoms with Gasteiger partial charge in [-0.1, -0.05) is 13.8 Å². The van der Waals surface area contributed by atoms with Crippen LogP contribution in [0, 0.1) is 5.41 Å². The summed E-state index contributed by atoms with van der Waals surface area (Å²) in [4.78, 5) is 13.1. The minimum atomic E-state index is -0.440. The normalized spacial score (nSPS) is 20.7. The quantitative estimate of drug-likeness (QED) is 0.849. The lowest BCUT2D eigenvalue weighted by molar-refractivity contribution is -0.118. The zero-order chi connectivity index (χ0) is 19.2. The van der Waals surface area contributed by atoms with Crippen molar-refractivity contribution in [1.29, 1.82) is 0 Å². The van der Waals surface area contributed by atoms with Crippen LogP contribution in [0.4, 0.5) is 11.6 Å². The van der Waals surface area contributed by atoms with Crippen LogP contribution in [0.5, 0.6) is 11.5 Å². The van der Waals surface area contributed by atoms with E-state index in [9.17, 15) is 4.79 Å². The van der Waals surface area contributed by atoms with Gasteiger partial charge in [0.1, 0.15) is 11.5 Å². The van der Waals surface area contributed by atoms with E-state index in [-0.39, 0.29) is 11.2 Å². The maximum Gasteiger partial charge on any atom is 0.219 e. The molecule has 4 rings (SSSR count). The van der Waals surface area contributed by atoms with E-state index in [1.54, 1.807) is 20.3 Å². The van der Waals surface area contributed by atoms with Crippen molar-refractivity contribution in [2.24, 2.45) is 5.41 Å². The molecule has 2 aromatic rings. The summed E-state index contributed by atoms with van der Waals surface area (Å²) in [5, 5.41) is 14.4. The first-order valence-corrected chi connectivity index (χ1v) is 8.76. The molecule has 142 valence electrons. The number of nitrogens with one attached hydrogen (secondary N) is 2. The molecule has 0 fully saturated rings. The molecule has 1 atom stereocenters. The van der Waals surface area contributed by atoms with Gasteiger partial charge >= 0.3 is 0 Å². The molecule has 27 heavy (non-hydrogen) atoms. The van der Waals surface area contributed by atoms with Gasteiger partial charge in [0, 0.05) is 29.3 Å². The van der Waals surface area contributed by atoms with Gasteiger partial charge in [0.25, 0.3) is 0 Å². The molecule has 0 unspecified atom stereocenters. The van der Waals surface area contributed by atoms with E-state index in [0.29, 0.717) is 35.1 Å². The standard InChI is InChI=1S/C19H22N4O4/c1-19(2)8-12-15(13(24)9-19)16(21-18-17(20-12)22-27-23-18)11-6-5-10(25-3)7-14(11)26-4/h5-7,16H,8-9H2,1-4H3,(H,20,22)(H,21,23)/t16-/m1/s1. The molecule has 2 aliphatic rings. The molecule has 1 aliphatic carbocycles. The summed E-state index contributed by atoms with van der Waals surface area (Å²) in [6.45, 7) is 4.17. The highest BCUT2D eigenvalue weighted by Gasteiger charge is 2.40. The van der Waals surface area contributed by atoms with Crippen LogP contribution in [0.3, 0.4) is 0 Å². The average Bonchev–Trinajstić information content (AvgIpc) is 2.99. The highest BCUT2D eigenvalue weighted by atomic mass is 16.6. The van der Waals surface area contributed by atoms with Crippen molar-refractivity contribution in [3.8, 4) is 11.5 Å². The smallest absolute Gasteiger partial charge is 0.219 e. The van der Waals surface area contributed by atoms with E-state index in [4.69, 9.17) is 14.1 Å². The van der Waals surface area contributed by atoms with Crippen LogP contribution in [0.15, 0.2) is 34.1 Å². The second-order valence-corrected chi connectivity index (χ2v) is 7.60. The number of allylic oxidation sites excluding steroid dienone is 1. The zero-order valence-corrected chi connectivity index (χ0v) is 15.8. The Morgan fingerprint density at radius 3 is 2.67 bits per heavy atom. The molecule has 0 saturated carbocycles. The van der Waals surface area contributed by atoms with Gasteiger partial charge in [-0.3, -0.25) is 4.79 Å². The van der Waals surface area contributed by atoms with E-state index < -0.39 is 6.04 Å². The molecule has 8 nitrogen and oxygen atoms in total. The molecular weight excluding hydrogens is 348 g/mol. The Balaban J connectivity index is 1.89. The van der Waals surface area contributed by atoms with Gasteiger partial charge in [0.15, 0.2) is 5.78 Å². The third-order valence-electron chi connectivity index (χ3n) is 5.00. The number of anilines is 2. The number of Topliss-reactive ketones (excluding diaryl/α,β-unsaturated/α-hetero) is 1. The molecule has 2 N–H and O–H groups in total. The van der Waals surface area contributed by atoms with E-state index >= 15 is 0 Å². The Kier molecular flexibility index (Phi) is 4.05. The first-order valence-electron chi connectivity index (χ1n) is 8.76. The lowest BCUT2D eigenvalue weighted by Crippen LogP contribution is -2.31. The summed E-state index contributed by atoms with van der Waals surface area (Å²) in [6.07, 6.45) is 1.19. The van der Waals surface area contributed by atoms with Crippen LogP contribution < -0.4 is 20.1 Å². The van der Waals surface area contributed by atoms with Crippen LogP contribution >= 0.6 is 0 Å². The Hall–Kier alpha value is -3.03. The number of carbonyl (C=O) groups excluding carboxylic acids is 1. The highest BCUT2D eigenvalue weighted by molar-refractivity contribution is 6.00. The van der Waals surface area contributed by atoms with Crippen LogP contribution in [0.1, 0.15) is 38.3 Å². The van der Waals surface area contributed by atoms with E-state index in [2.05, 4.69) is 34.8 Å². The zero-order valence-electron chi connectivity index (χ0n) is 15.8. The number of fused-ring (bicyclic) bond motifs is 1. The van der Waals surface area contributed by atoms with Gasteiger partial charge in [-0.05, 0) is 34.3 Å². The fourth-order valence-electron chi connectivity index (χ4n) is 3.79. The minimum Gasteiger partial charge on any atom is -0.497 e. The molecule has 0 radical (unpaired) electrons. The third kappa shape index (κ3) is 3.01. The monoisotopic (exact) mass is 370 g/mol. The third-order valence-corrected chi connectivity index (χ3v) is 5.00. The number of rotatable bonds is 3. The largest absolute Gasteiger partial charge is 0.497 e. The fraction of sp³-hybridized carbons (Fsp3) is 0.421. The topological polar surface area (TPSA) is 98.5 Å². The number of hydrogen-bond acceptors (Lipinski definition) is 8. The molecule has 1 aromatic heterocycles. The van der Waals surface area contributed by atoms with Crippen molar-refractivity contribution in [3.63, 3.8) is 0 Å². The van der Waals surface area contributed by atoms with Crippen LogP contribution in [0.2, 0.25) is 0 Å². The van der Waals surface area contributed by atoms with Crippen LogP contribution in [-0.4, -0.2) is 30.3 Å². The molecule has 8 heteroatoms. The Morgan fingerprint density at radius 1 is 1.15 bits per heavy atom. The molecule has 0 spiro atoms. The number of ketones is 1. The maximum absolute atomic E-state index is 13.1. The summed E-state index contributed by atoms with van der Waals surface area (Å²) < 4.78 is 15.7. The Bertz CT molecular complexity index is 932. The molecule has 1 aliphatic heterocycles. The number of carbonyl (C=O) groups is 1. The molecule has 2 heterocycles. The minimum absolute atomic E-state index is 0.0891. The summed E-state index contributed by atoms with van der Waals surface area (Å²) in [7, 11) is 3.19. The summed E-state index contributed by atoms with van der Waals surface area (Å²) in [5.74, 6) is 2.32. The summed E-state index contributed by atoms with van der Waals surface area (Å²) in [5.41, 5.74) is 2.19. The number of aromatic nitrogens is 2. The van der Waals surface area contributed by atoms with E-state index in [0.717, 1.165) is 17.7 Å². The average molecular weight is 370 g/mol. The SMILES string of the molecule is COc1ccc([C@H]2Nc3nonc3NC3=C2C(=O)CC(C)(C)C3)c(OC)c1. The fourth-order valence-corrected chi connectivity index (χ4v) is 3.79. The lowest BCUT2D eigenvalue weighted by atomic mass is 9.73. The van der Waals surface area contributed by atoms with Crippen molar-refractivity contribution >= 4 is 17.4 Å². The van der Waals surface area contributed by atoms with E-state index in [1.165, 1.54) is 0 Å². The van der Waals surface area contributed by atoms with Crippen molar-refractivity contribution in [2.45, 2.75) is 32.7 Å². The molecular formula is C19H22N4O4. The highest BCUT2D eigenvalue weighted by Crippen LogP contribution is 2.46. The van der Waals surface area contributed by atoms with E-state index in [1.807, 2.05) is 12.1 Å². The number of benzene rings is 1. The lowest BCUT2D eigenvalue weighted by Gasteiger charge is -2.34. The van der Waals surface area contributed by atoms with Crippen molar-refractivity contribution < 1.29 is 18.9 Å². The Labute approximate surface area is 156 Å². The predicted octanol–water partition coefficient (Wildman–Crippen LogP) is 3.31.